The van der Waals surface area contributed by atoms with Gasteiger partial charge in [-0.2, -0.15) is 0 Å². The molecule has 2 rings (SSSR count). The molecule has 0 saturated carbocycles. The number of anilines is 1. The second-order valence-electron chi connectivity index (χ2n) is 3.19. The molecule has 0 unspecified atom stereocenters. The summed E-state index contributed by atoms with van der Waals surface area (Å²) in [4.78, 5) is 15.8. The molecule has 0 atom stereocenters. The maximum Gasteiger partial charge on any atom is 0.194 e. The van der Waals surface area contributed by atoms with Gasteiger partial charge in [-0.05, 0) is 36.4 Å². The second kappa shape index (κ2) is 3.92. The Bertz CT molecular complexity index is 463. The molecule has 0 spiro atoms. The zero-order valence-corrected chi connectivity index (χ0v) is 8.05. The van der Waals surface area contributed by atoms with Crippen LogP contribution in [0.1, 0.15) is 15.9 Å². The summed E-state index contributed by atoms with van der Waals surface area (Å²) in [5.41, 5.74) is 7.40. The molecule has 74 valence electrons. The lowest BCUT2D eigenvalue weighted by atomic mass is 10.1. The fourth-order valence-electron chi connectivity index (χ4n) is 1.30. The molecule has 2 aromatic rings. The molecule has 0 radical (unpaired) electrons. The molecule has 0 saturated heterocycles. The van der Waals surface area contributed by atoms with E-state index in [4.69, 9.17) is 5.73 Å². The van der Waals surface area contributed by atoms with Crippen molar-refractivity contribution in [3.8, 4) is 0 Å². The van der Waals surface area contributed by atoms with Gasteiger partial charge >= 0.3 is 0 Å². The predicted octanol–water partition coefficient (Wildman–Crippen LogP) is 1.89. The van der Waals surface area contributed by atoms with Crippen molar-refractivity contribution in [3.63, 3.8) is 0 Å². The number of benzene rings is 1. The Balaban J connectivity index is 2.33. The van der Waals surface area contributed by atoms with E-state index in [0.29, 0.717) is 16.8 Å². The number of aromatic nitrogens is 1. The highest BCUT2D eigenvalue weighted by molar-refractivity contribution is 6.08. The van der Waals surface area contributed by atoms with E-state index in [0.717, 1.165) is 0 Å². The third-order valence-corrected chi connectivity index (χ3v) is 2.10. The Morgan fingerprint density at radius 2 is 1.80 bits per heavy atom. The molecule has 0 aliphatic carbocycles. The molecule has 0 bridgehead atoms. The maximum absolute atomic E-state index is 11.9. The molecule has 15 heavy (non-hydrogen) atoms. The summed E-state index contributed by atoms with van der Waals surface area (Å²) in [6.45, 7) is 0. The van der Waals surface area contributed by atoms with E-state index in [-0.39, 0.29) is 5.78 Å². The normalized spacial score (nSPS) is 9.87. The van der Waals surface area contributed by atoms with Gasteiger partial charge in [-0.3, -0.25) is 9.78 Å². The fraction of sp³-hybridized carbons (Fsp3) is 0. The van der Waals surface area contributed by atoms with Gasteiger partial charge < -0.3 is 5.73 Å². The highest BCUT2D eigenvalue weighted by atomic mass is 16.1. The predicted molar refractivity (Wildman–Crippen MR) is 58.5 cm³/mol. The average Bonchev–Trinajstić information content (AvgIpc) is 2.30. The highest BCUT2D eigenvalue weighted by Crippen LogP contribution is 2.10. The van der Waals surface area contributed by atoms with Crippen LogP contribution in [-0.4, -0.2) is 10.8 Å². The smallest absolute Gasteiger partial charge is 0.194 e. The lowest BCUT2D eigenvalue weighted by Gasteiger charge is -2.00. The van der Waals surface area contributed by atoms with Gasteiger partial charge in [0, 0.05) is 29.2 Å². The van der Waals surface area contributed by atoms with E-state index in [1.807, 2.05) is 0 Å². The molecule has 2 N–H and O–H groups in total. The van der Waals surface area contributed by atoms with Crippen LogP contribution in [0.3, 0.4) is 0 Å². The largest absolute Gasteiger partial charge is 0.399 e. The first-order chi connectivity index (χ1) is 7.27. The standard InChI is InChI=1S/C12H10N2O/c13-11-5-3-9(4-6-11)12(15)10-2-1-7-14-8-10/h1-8H,13H2. The average molecular weight is 198 g/mol. The number of hydrogen-bond acceptors (Lipinski definition) is 3. The molecule has 1 aromatic heterocycles. The monoisotopic (exact) mass is 198 g/mol. The molecular formula is C12H10N2O. The van der Waals surface area contributed by atoms with Crippen LogP contribution in [0.5, 0.6) is 0 Å². The van der Waals surface area contributed by atoms with Gasteiger partial charge in [-0.15, -0.1) is 0 Å². The summed E-state index contributed by atoms with van der Waals surface area (Å²) in [5.74, 6) is -0.0388. The van der Waals surface area contributed by atoms with Gasteiger partial charge in [0.25, 0.3) is 0 Å². The van der Waals surface area contributed by atoms with Gasteiger partial charge in [-0.25, -0.2) is 0 Å². The van der Waals surface area contributed by atoms with Crippen LogP contribution in [0, 0.1) is 0 Å². The summed E-state index contributed by atoms with van der Waals surface area (Å²) in [7, 11) is 0. The lowest BCUT2D eigenvalue weighted by molar-refractivity contribution is 0.103. The van der Waals surface area contributed by atoms with Crippen molar-refractivity contribution in [2.45, 2.75) is 0 Å². The van der Waals surface area contributed by atoms with Gasteiger partial charge in [0.1, 0.15) is 0 Å². The number of nitrogens with two attached hydrogens (primary N) is 1. The summed E-state index contributed by atoms with van der Waals surface area (Å²) >= 11 is 0. The molecule has 0 fully saturated rings. The first kappa shape index (κ1) is 9.40. The first-order valence-corrected chi connectivity index (χ1v) is 4.57. The van der Waals surface area contributed by atoms with Crippen LogP contribution in [0.15, 0.2) is 48.8 Å². The second-order valence-corrected chi connectivity index (χ2v) is 3.19. The number of ketones is 1. The molecule has 0 aliphatic heterocycles. The van der Waals surface area contributed by atoms with Gasteiger partial charge in [0.2, 0.25) is 0 Å². The van der Waals surface area contributed by atoms with Crippen molar-refractivity contribution < 1.29 is 4.79 Å². The van der Waals surface area contributed by atoms with Crippen molar-refractivity contribution in [2.75, 3.05) is 5.73 Å². The minimum atomic E-state index is -0.0388. The zero-order chi connectivity index (χ0) is 10.7. The Hall–Kier alpha value is -2.16. The third-order valence-electron chi connectivity index (χ3n) is 2.10. The zero-order valence-electron chi connectivity index (χ0n) is 8.05. The number of nitrogens with zero attached hydrogens (tertiary/aromatic N) is 1. The molecule has 0 amide bonds. The molecule has 0 aliphatic rings. The number of carbonyl (C=O) groups excluding carboxylic acids is 1. The van der Waals surface area contributed by atoms with Gasteiger partial charge in [0.15, 0.2) is 5.78 Å². The topological polar surface area (TPSA) is 56.0 Å². The molecule has 1 heterocycles. The highest BCUT2D eigenvalue weighted by Gasteiger charge is 2.07. The quantitative estimate of drug-likeness (QED) is 0.592. The van der Waals surface area contributed by atoms with Crippen molar-refractivity contribution in [1.82, 2.24) is 4.98 Å². The first-order valence-electron chi connectivity index (χ1n) is 4.57. The van der Waals surface area contributed by atoms with E-state index in [1.54, 1.807) is 48.8 Å². The SMILES string of the molecule is Nc1ccc(C(=O)c2cccnc2)cc1. The number of hydrogen-bond donors (Lipinski definition) is 1. The third kappa shape index (κ3) is 2.02. The molecule has 1 aromatic carbocycles. The summed E-state index contributed by atoms with van der Waals surface area (Å²) in [6, 6.07) is 10.3. The van der Waals surface area contributed by atoms with Crippen molar-refractivity contribution in [1.29, 1.82) is 0 Å². The summed E-state index contributed by atoms with van der Waals surface area (Å²) in [6.07, 6.45) is 3.19. The van der Waals surface area contributed by atoms with E-state index in [2.05, 4.69) is 4.98 Å². The number of rotatable bonds is 2. The van der Waals surface area contributed by atoms with Gasteiger partial charge in [-0.1, -0.05) is 0 Å². The Kier molecular flexibility index (Phi) is 2.46. The van der Waals surface area contributed by atoms with E-state index >= 15 is 0 Å². The Labute approximate surface area is 87.6 Å². The van der Waals surface area contributed by atoms with Crippen LogP contribution >= 0.6 is 0 Å². The Morgan fingerprint density at radius 3 is 2.40 bits per heavy atom. The number of nitrogen functional groups attached to an aromatic ring is 1. The summed E-state index contributed by atoms with van der Waals surface area (Å²) < 4.78 is 0. The van der Waals surface area contributed by atoms with Gasteiger partial charge in [0.05, 0.1) is 0 Å². The van der Waals surface area contributed by atoms with Crippen molar-refractivity contribution in [2.24, 2.45) is 0 Å². The van der Waals surface area contributed by atoms with E-state index < -0.39 is 0 Å². The van der Waals surface area contributed by atoms with Crippen molar-refractivity contribution in [3.05, 3.63) is 59.9 Å². The lowest BCUT2D eigenvalue weighted by Crippen LogP contribution is -2.01. The van der Waals surface area contributed by atoms with Crippen LogP contribution < -0.4 is 5.73 Å². The fourth-order valence-corrected chi connectivity index (χ4v) is 1.30. The maximum atomic E-state index is 11.9. The van der Waals surface area contributed by atoms with Crippen LogP contribution in [0.2, 0.25) is 0 Å². The molecular weight excluding hydrogens is 188 g/mol. The van der Waals surface area contributed by atoms with Crippen LogP contribution in [-0.2, 0) is 0 Å². The van der Waals surface area contributed by atoms with E-state index in [9.17, 15) is 4.79 Å². The van der Waals surface area contributed by atoms with E-state index in [1.165, 1.54) is 0 Å². The summed E-state index contributed by atoms with van der Waals surface area (Å²) in [5, 5.41) is 0. The Morgan fingerprint density at radius 1 is 1.07 bits per heavy atom. The molecule has 3 heteroatoms. The minimum Gasteiger partial charge on any atom is -0.399 e. The number of carbonyl (C=O) groups is 1. The molecule has 3 nitrogen and oxygen atoms in total. The minimum absolute atomic E-state index is 0.0388. The van der Waals surface area contributed by atoms with Crippen LogP contribution in [0.4, 0.5) is 5.69 Å². The van der Waals surface area contributed by atoms with Crippen LogP contribution in [0.25, 0.3) is 0 Å². The van der Waals surface area contributed by atoms with Crippen molar-refractivity contribution >= 4 is 11.5 Å². The number of pyridine rings is 1.